The Morgan fingerprint density at radius 1 is 1.04 bits per heavy atom. The molecular formula is C22H28N2O3S. The van der Waals surface area contributed by atoms with Gasteiger partial charge >= 0.3 is 0 Å². The zero-order valence-corrected chi connectivity index (χ0v) is 17.6. The van der Waals surface area contributed by atoms with Crippen LogP contribution in [0.3, 0.4) is 0 Å². The molecule has 1 fully saturated rings. The van der Waals surface area contributed by atoms with Gasteiger partial charge in [0.15, 0.2) is 0 Å². The number of nitrogens with zero attached hydrogens (tertiary/aromatic N) is 1. The van der Waals surface area contributed by atoms with Crippen LogP contribution in [0, 0.1) is 13.8 Å². The van der Waals surface area contributed by atoms with Gasteiger partial charge in [-0.3, -0.25) is 9.52 Å². The SMILES string of the molecule is Cc1cccc(NS(=O)(=O)c2cc(C(=O)N(C)C3CCCCC3)ccc2C)c1. The van der Waals surface area contributed by atoms with E-state index in [1.807, 2.05) is 20.0 Å². The maximum atomic E-state index is 12.9. The molecule has 1 aliphatic carbocycles. The Labute approximate surface area is 167 Å². The molecule has 0 aromatic heterocycles. The molecule has 1 aliphatic rings. The summed E-state index contributed by atoms with van der Waals surface area (Å²) in [5.74, 6) is -0.126. The number of sulfonamides is 1. The lowest BCUT2D eigenvalue weighted by Gasteiger charge is -2.31. The number of amides is 1. The quantitative estimate of drug-likeness (QED) is 0.803. The Balaban J connectivity index is 1.87. The molecule has 0 heterocycles. The molecule has 0 saturated heterocycles. The zero-order chi connectivity index (χ0) is 20.3. The molecule has 0 spiro atoms. The van der Waals surface area contributed by atoms with Gasteiger partial charge in [0, 0.05) is 24.3 Å². The normalized spacial score (nSPS) is 15.2. The zero-order valence-electron chi connectivity index (χ0n) is 16.7. The van der Waals surface area contributed by atoms with Crippen LogP contribution in [-0.2, 0) is 10.0 Å². The molecule has 6 heteroatoms. The second-order valence-electron chi connectivity index (χ2n) is 7.66. The van der Waals surface area contributed by atoms with E-state index in [0.717, 1.165) is 31.2 Å². The van der Waals surface area contributed by atoms with Gasteiger partial charge in [-0.1, -0.05) is 37.5 Å². The second kappa shape index (κ2) is 8.35. The van der Waals surface area contributed by atoms with Crippen molar-refractivity contribution in [2.24, 2.45) is 0 Å². The van der Waals surface area contributed by atoms with Gasteiger partial charge in [-0.05, 0) is 62.1 Å². The number of carbonyl (C=O) groups excluding carboxylic acids is 1. The van der Waals surface area contributed by atoms with Crippen LogP contribution >= 0.6 is 0 Å². The van der Waals surface area contributed by atoms with E-state index < -0.39 is 10.0 Å². The van der Waals surface area contributed by atoms with Crippen molar-refractivity contribution in [3.05, 3.63) is 59.2 Å². The third-order valence-electron chi connectivity index (χ3n) is 5.44. The first-order valence-corrected chi connectivity index (χ1v) is 11.2. The second-order valence-corrected chi connectivity index (χ2v) is 9.31. The van der Waals surface area contributed by atoms with Crippen LogP contribution in [0.15, 0.2) is 47.4 Å². The summed E-state index contributed by atoms with van der Waals surface area (Å²) >= 11 is 0. The van der Waals surface area contributed by atoms with E-state index in [4.69, 9.17) is 0 Å². The summed E-state index contributed by atoms with van der Waals surface area (Å²) in [6.07, 6.45) is 5.50. The number of hydrogen-bond acceptors (Lipinski definition) is 3. The minimum absolute atomic E-state index is 0.126. The minimum atomic E-state index is -3.79. The van der Waals surface area contributed by atoms with Gasteiger partial charge in [-0.2, -0.15) is 0 Å². The van der Waals surface area contributed by atoms with E-state index >= 15 is 0 Å². The molecule has 1 amide bonds. The molecule has 1 saturated carbocycles. The predicted molar refractivity (Wildman–Crippen MR) is 112 cm³/mol. The number of benzene rings is 2. The molecule has 0 aliphatic heterocycles. The summed E-state index contributed by atoms with van der Waals surface area (Å²) in [5, 5.41) is 0. The number of aryl methyl sites for hydroxylation is 2. The fraction of sp³-hybridized carbons (Fsp3) is 0.409. The third kappa shape index (κ3) is 4.55. The first kappa shape index (κ1) is 20.4. The molecule has 0 unspecified atom stereocenters. The molecule has 3 rings (SSSR count). The monoisotopic (exact) mass is 400 g/mol. The number of nitrogens with one attached hydrogen (secondary N) is 1. The van der Waals surface area contributed by atoms with Crippen LogP contribution in [0.1, 0.15) is 53.6 Å². The molecule has 2 aromatic rings. The summed E-state index contributed by atoms with van der Waals surface area (Å²) in [6.45, 7) is 3.65. The number of hydrogen-bond donors (Lipinski definition) is 1. The van der Waals surface area contributed by atoms with E-state index in [0.29, 0.717) is 16.8 Å². The molecule has 1 N–H and O–H groups in total. The average Bonchev–Trinajstić information content (AvgIpc) is 2.67. The van der Waals surface area contributed by atoms with Gasteiger partial charge < -0.3 is 4.90 Å². The van der Waals surface area contributed by atoms with E-state index in [-0.39, 0.29) is 16.8 Å². The van der Waals surface area contributed by atoms with Crippen molar-refractivity contribution in [1.29, 1.82) is 0 Å². The minimum Gasteiger partial charge on any atom is -0.339 e. The number of rotatable bonds is 5. The van der Waals surface area contributed by atoms with Gasteiger partial charge in [0.1, 0.15) is 0 Å². The Kier molecular flexibility index (Phi) is 6.08. The topological polar surface area (TPSA) is 66.5 Å². The van der Waals surface area contributed by atoms with Crippen LogP contribution in [0.5, 0.6) is 0 Å². The summed E-state index contributed by atoms with van der Waals surface area (Å²) in [7, 11) is -1.97. The smallest absolute Gasteiger partial charge is 0.262 e. The van der Waals surface area contributed by atoms with Crippen LogP contribution in [0.2, 0.25) is 0 Å². The summed E-state index contributed by atoms with van der Waals surface area (Å²) < 4.78 is 28.5. The highest BCUT2D eigenvalue weighted by atomic mass is 32.2. The molecule has 0 bridgehead atoms. The van der Waals surface area contributed by atoms with Crippen molar-refractivity contribution < 1.29 is 13.2 Å². The van der Waals surface area contributed by atoms with Gasteiger partial charge in [-0.25, -0.2) is 8.42 Å². The van der Waals surface area contributed by atoms with Crippen molar-refractivity contribution in [3.8, 4) is 0 Å². The molecule has 0 radical (unpaired) electrons. The summed E-state index contributed by atoms with van der Waals surface area (Å²) in [5.41, 5.74) is 2.49. The summed E-state index contributed by atoms with van der Waals surface area (Å²) in [6, 6.07) is 12.3. The van der Waals surface area contributed by atoms with Crippen molar-refractivity contribution in [1.82, 2.24) is 4.90 Å². The highest BCUT2D eigenvalue weighted by Gasteiger charge is 2.25. The molecule has 150 valence electrons. The molecule has 2 aromatic carbocycles. The largest absolute Gasteiger partial charge is 0.339 e. The Morgan fingerprint density at radius 3 is 2.43 bits per heavy atom. The van der Waals surface area contributed by atoms with E-state index in [1.54, 1.807) is 42.2 Å². The lowest BCUT2D eigenvalue weighted by Crippen LogP contribution is -2.38. The highest BCUT2D eigenvalue weighted by molar-refractivity contribution is 7.92. The summed E-state index contributed by atoms with van der Waals surface area (Å²) in [4.78, 5) is 14.9. The molecule has 28 heavy (non-hydrogen) atoms. The van der Waals surface area contributed by atoms with Crippen LogP contribution in [0.4, 0.5) is 5.69 Å². The highest BCUT2D eigenvalue weighted by Crippen LogP contribution is 2.25. The van der Waals surface area contributed by atoms with Crippen molar-refractivity contribution in [2.45, 2.75) is 56.9 Å². The van der Waals surface area contributed by atoms with Crippen molar-refractivity contribution in [3.63, 3.8) is 0 Å². The van der Waals surface area contributed by atoms with Crippen molar-refractivity contribution in [2.75, 3.05) is 11.8 Å². The number of anilines is 1. The number of carbonyl (C=O) groups is 1. The fourth-order valence-electron chi connectivity index (χ4n) is 3.78. The maximum Gasteiger partial charge on any atom is 0.262 e. The van der Waals surface area contributed by atoms with Crippen molar-refractivity contribution >= 4 is 21.6 Å². The lowest BCUT2D eigenvalue weighted by atomic mass is 9.94. The predicted octanol–water partition coefficient (Wildman–Crippen LogP) is 4.51. The Hall–Kier alpha value is -2.34. The van der Waals surface area contributed by atoms with Crippen LogP contribution in [0.25, 0.3) is 0 Å². The van der Waals surface area contributed by atoms with Crippen LogP contribution < -0.4 is 4.72 Å². The van der Waals surface area contributed by atoms with Gasteiger partial charge in [0.2, 0.25) is 0 Å². The van der Waals surface area contributed by atoms with E-state index in [1.165, 1.54) is 12.5 Å². The Morgan fingerprint density at radius 2 is 1.75 bits per heavy atom. The lowest BCUT2D eigenvalue weighted by molar-refractivity contribution is 0.0696. The van der Waals surface area contributed by atoms with E-state index in [2.05, 4.69) is 4.72 Å². The van der Waals surface area contributed by atoms with Crippen LogP contribution in [-0.4, -0.2) is 32.3 Å². The van der Waals surface area contributed by atoms with E-state index in [9.17, 15) is 13.2 Å². The molecule has 5 nitrogen and oxygen atoms in total. The molecular weight excluding hydrogens is 372 g/mol. The first-order valence-electron chi connectivity index (χ1n) is 9.75. The molecule has 0 atom stereocenters. The fourth-order valence-corrected chi connectivity index (χ4v) is 5.10. The standard InChI is InChI=1S/C22H28N2O3S/c1-16-8-7-9-19(14-16)23-28(26,27)21-15-18(13-12-17(21)2)22(25)24(3)20-10-5-4-6-11-20/h7-9,12-15,20,23H,4-6,10-11H2,1-3H3. The average molecular weight is 401 g/mol. The van der Waals surface area contributed by atoms with Gasteiger partial charge in [-0.15, -0.1) is 0 Å². The maximum absolute atomic E-state index is 12.9. The van der Waals surface area contributed by atoms with Gasteiger partial charge in [0.05, 0.1) is 4.90 Å². The first-order chi connectivity index (χ1) is 13.3. The third-order valence-corrected chi connectivity index (χ3v) is 6.96. The Bertz CT molecular complexity index is 963. The van der Waals surface area contributed by atoms with Gasteiger partial charge in [0.25, 0.3) is 15.9 Å².